The summed E-state index contributed by atoms with van der Waals surface area (Å²) >= 11 is 5.58. The van der Waals surface area contributed by atoms with E-state index in [1.807, 2.05) is 4.90 Å². The first-order valence-electron chi connectivity index (χ1n) is 8.71. The van der Waals surface area contributed by atoms with Crippen molar-refractivity contribution in [1.29, 1.82) is 0 Å². The molecule has 1 heterocycles. The molecule has 1 fully saturated rings. The smallest absolute Gasteiger partial charge is 0.417 e. The molecule has 0 bridgehead atoms. The predicted molar refractivity (Wildman–Crippen MR) is 95.5 cm³/mol. The Morgan fingerprint density at radius 3 is 2.52 bits per heavy atom. The van der Waals surface area contributed by atoms with Crippen LogP contribution in [0.4, 0.5) is 18.9 Å². The van der Waals surface area contributed by atoms with Crippen molar-refractivity contribution >= 4 is 29.2 Å². The number of carbonyl (C=O) groups excluding carboxylic acids is 2. The Balaban J connectivity index is 1.96. The van der Waals surface area contributed by atoms with Gasteiger partial charge in [0.05, 0.1) is 29.2 Å². The standard InChI is InChI=1S/C18H22ClF3N2O3/c1-3-27-17(26)12-6-8-24(9-7-12)11(2)16(25)23-13-4-5-15(19)14(10-13)18(20,21)22/h4-5,10-12H,3,6-9H2,1-2H3,(H,23,25). The Labute approximate surface area is 160 Å². The van der Waals surface area contributed by atoms with Gasteiger partial charge in [0.1, 0.15) is 0 Å². The van der Waals surface area contributed by atoms with Gasteiger partial charge in [0, 0.05) is 5.69 Å². The van der Waals surface area contributed by atoms with Gasteiger partial charge in [-0.05, 0) is 58.0 Å². The number of amides is 1. The molecule has 150 valence electrons. The summed E-state index contributed by atoms with van der Waals surface area (Å²) < 4.78 is 43.8. The first kappa shape index (κ1) is 21.5. The van der Waals surface area contributed by atoms with E-state index < -0.39 is 28.7 Å². The monoisotopic (exact) mass is 406 g/mol. The number of rotatable bonds is 5. The topological polar surface area (TPSA) is 58.6 Å². The Hall–Kier alpha value is -1.80. The summed E-state index contributed by atoms with van der Waals surface area (Å²) in [4.78, 5) is 26.1. The molecule has 1 aliphatic heterocycles. The van der Waals surface area contributed by atoms with Crippen LogP contribution in [0.2, 0.25) is 5.02 Å². The molecule has 1 N–H and O–H groups in total. The molecule has 0 radical (unpaired) electrons. The first-order chi connectivity index (χ1) is 12.6. The summed E-state index contributed by atoms with van der Waals surface area (Å²) in [7, 11) is 0. The van der Waals surface area contributed by atoms with Gasteiger partial charge >= 0.3 is 12.1 Å². The minimum absolute atomic E-state index is 0.0324. The van der Waals surface area contributed by atoms with Crippen LogP contribution in [0.3, 0.4) is 0 Å². The molecule has 9 heteroatoms. The molecular formula is C18H22ClF3N2O3. The van der Waals surface area contributed by atoms with Crippen molar-refractivity contribution < 1.29 is 27.5 Å². The molecule has 1 saturated heterocycles. The van der Waals surface area contributed by atoms with Gasteiger partial charge in [0.25, 0.3) is 0 Å². The lowest BCUT2D eigenvalue weighted by Crippen LogP contribution is -2.47. The Bertz CT molecular complexity index is 689. The quantitative estimate of drug-likeness (QED) is 0.752. The van der Waals surface area contributed by atoms with Crippen molar-refractivity contribution in [3.63, 3.8) is 0 Å². The van der Waals surface area contributed by atoms with Crippen molar-refractivity contribution in [2.45, 2.75) is 38.9 Å². The van der Waals surface area contributed by atoms with Crippen LogP contribution in [0.1, 0.15) is 32.3 Å². The average Bonchev–Trinajstić information content (AvgIpc) is 2.62. The zero-order valence-electron chi connectivity index (χ0n) is 15.1. The van der Waals surface area contributed by atoms with Gasteiger partial charge < -0.3 is 10.1 Å². The summed E-state index contributed by atoms with van der Waals surface area (Å²) in [5, 5.41) is 2.08. The van der Waals surface area contributed by atoms with E-state index in [0.29, 0.717) is 32.5 Å². The number of esters is 1. The Morgan fingerprint density at radius 2 is 1.96 bits per heavy atom. The average molecular weight is 407 g/mol. The third kappa shape index (κ3) is 5.59. The fraction of sp³-hybridized carbons (Fsp3) is 0.556. The first-order valence-corrected chi connectivity index (χ1v) is 9.09. The van der Waals surface area contributed by atoms with E-state index in [4.69, 9.17) is 16.3 Å². The van der Waals surface area contributed by atoms with E-state index in [1.54, 1.807) is 13.8 Å². The van der Waals surface area contributed by atoms with E-state index in [2.05, 4.69) is 5.32 Å². The third-order valence-corrected chi connectivity index (χ3v) is 4.95. The van der Waals surface area contributed by atoms with Gasteiger partial charge in [-0.3, -0.25) is 14.5 Å². The normalized spacial score (nSPS) is 17.4. The maximum atomic E-state index is 12.9. The van der Waals surface area contributed by atoms with Gasteiger partial charge in [-0.1, -0.05) is 11.6 Å². The molecular weight excluding hydrogens is 385 g/mol. The molecule has 2 rings (SSSR count). The molecule has 27 heavy (non-hydrogen) atoms. The molecule has 1 amide bonds. The van der Waals surface area contributed by atoms with Crippen molar-refractivity contribution in [3.05, 3.63) is 28.8 Å². The number of ether oxygens (including phenoxy) is 1. The largest absolute Gasteiger partial charge is 0.466 e. The number of nitrogens with one attached hydrogen (secondary N) is 1. The highest BCUT2D eigenvalue weighted by Gasteiger charge is 2.34. The fourth-order valence-electron chi connectivity index (χ4n) is 3.02. The van der Waals surface area contributed by atoms with Gasteiger partial charge in [0.15, 0.2) is 0 Å². The van der Waals surface area contributed by atoms with Crippen molar-refractivity contribution in [2.75, 3.05) is 25.0 Å². The van der Waals surface area contributed by atoms with Gasteiger partial charge in [-0.15, -0.1) is 0 Å². The second kappa shape index (κ2) is 8.93. The van der Waals surface area contributed by atoms with E-state index in [0.717, 1.165) is 12.1 Å². The number of carbonyl (C=O) groups is 2. The second-order valence-corrected chi connectivity index (χ2v) is 6.83. The number of piperidine rings is 1. The zero-order chi connectivity index (χ0) is 20.2. The second-order valence-electron chi connectivity index (χ2n) is 6.42. The van der Waals surface area contributed by atoms with Crippen LogP contribution in [-0.4, -0.2) is 42.5 Å². The number of anilines is 1. The van der Waals surface area contributed by atoms with Crippen molar-refractivity contribution in [1.82, 2.24) is 4.90 Å². The molecule has 1 unspecified atom stereocenters. The molecule has 0 spiro atoms. The number of benzene rings is 1. The van der Waals surface area contributed by atoms with Crippen LogP contribution < -0.4 is 5.32 Å². The Morgan fingerprint density at radius 1 is 1.33 bits per heavy atom. The third-order valence-electron chi connectivity index (χ3n) is 4.62. The number of nitrogens with zero attached hydrogens (tertiary/aromatic N) is 1. The molecule has 0 saturated carbocycles. The van der Waals surface area contributed by atoms with Gasteiger partial charge in [-0.2, -0.15) is 13.2 Å². The minimum atomic E-state index is -4.60. The van der Waals surface area contributed by atoms with Crippen LogP contribution in [0.5, 0.6) is 0 Å². The summed E-state index contributed by atoms with van der Waals surface area (Å²) in [6.45, 7) is 4.83. The maximum absolute atomic E-state index is 12.9. The number of halogens is 4. The van der Waals surface area contributed by atoms with E-state index in [1.165, 1.54) is 6.07 Å². The van der Waals surface area contributed by atoms with Crippen LogP contribution in [0.15, 0.2) is 18.2 Å². The maximum Gasteiger partial charge on any atom is 0.417 e. The van der Waals surface area contributed by atoms with Crippen LogP contribution >= 0.6 is 11.6 Å². The Kier molecular flexibility index (Phi) is 7.11. The lowest BCUT2D eigenvalue weighted by Gasteiger charge is -2.34. The number of hydrogen-bond donors (Lipinski definition) is 1. The highest BCUT2D eigenvalue weighted by molar-refractivity contribution is 6.31. The molecule has 0 aromatic heterocycles. The lowest BCUT2D eigenvalue weighted by molar-refractivity contribution is -0.149. The van der Waals surface area contributed by atoms with E-state index >= 15 is 0 Å². The lowest BCUT2D eigenvalue weighted by atomic mass is 9.96. The highest BCUT2D eigenvalue weighted by atomic mass is 35.5. The summed E-state index contributed by atoms with van der Waals surface area (Å²) in [5.41, 5.74) is -0.963. The van der Waals surface area contributed by atoms with Crippen molar-refractivity contribution in [3.8, 4) is 0 Å². The molecule has 5 nitrogen and oxygen atoms in total. The number of hydrogen-bond acceptors (Lipinski definition) is 4. The van der Waals surface area contributed by atoms with Crippen molar-refractivity contribution in [2.24, 2.45) is 5.92 Å². The zero-order valence-corrected chi connectivity index (χ0v) is 15.9. The highest BCUT2D eigenvalue weighted by Crippen LogP contribution is 2.36. The summed E-state index contributed by atoms with van der Waals surface area (Å²) in [6, 6.07) is 2.71. The van der Waals surface area contributed by atoms with Crippen LogP contribution in [-0.2, 0) is 20.5 Å². The van der Waals surface area contributed by atoms with Crippen LogP contribution in [0.25, 0.3) is 0 Å². The number of likely N-dealkylation sites (tertiary alicyclic amines) is 1. The van der Waals surface area contributed by atoms with Crippen LogP contribution in [0, 0.1) is 5.92 Å². The number of alkyl halides is 3. The summed E-state index contributed by atoms with van der Waals surface area (Å²) in [6.07, 6.45) is -3.44. The predicted octanol–water partition coefficient (Wildman–Crippen LogP) is 3.96. The van der Waals surface area contributed by atoms with Gasteiger partial charge in [0.2, 0.25) is 5.91 Å². The molecule has 1 atom stereocenters. The van der Waals surface area contributed by atoms with E-state index in [9.17, 15) is 22.8 Å². The summed E-state index contributed by atoms with van der Waals surface area (Å²) in [5.74, 6) is -0.822. The fourth-order valence-corrected chi connectivity index (χ4v) is 3.24. The molecule has 1 aromatic rings. The molecule has 1 aromatic carbocycles. The molecule has 0 aliphatic carbocycles. The van der Waals surface area contributed by atoms with Gasteiger partial charge in [-0.25, -0.2) is 0 Å². The molecule has 1 aliphatic rings. The van der Waals surface area contributed by atoms with E-state index in [-0.39, 0.29) is 17.6 Å². The SMILES string of the molecule is CCOC(=O)C1CCN(C(C)C(=O)Nc2ccc(Cl)c(C(F)(F)F)c2)CC1. The minimum Gasteiger partial charge on any atom is -0.466 e.